The van der Waals surface area contributed by atoms with Crippen LogP contribution in [0.4, 0.5) is 0 Å². The molecule has 1 atom stereocenters. The Kier molecular flexibility index (Phi) is 3.59. The fourth-order valence-corrected chi connectivity index (χ4v) is 1.88. The van der Waals surface area contributed by atoms with Crippen molar-refractivity contribution < 1.29 is 13.2 Å². The van der Waals surface area contributed by atoms with Crippen LogP contribution in [-0.4, -0.2) is 23.9 Å². The second-order valence-corrected chi connectivity index (χ2v) is 6.03. The lowest BCUT2D eigenvalue weighted by molar-refractivity contribution is -0.121. The monoisotopic (exact) mass is 265 g/mol. The summed E-state index contributed by atoms with van der Waals surface area (Å²) >= 11 is 0. The number of aromatic nitrogens is 2. The molecular weight excluding hydrogens is 254 g/mol. The first kappa shape index (κ1) is 13.0. The highest BCUT2D eigenvalue weighted by Gasteiger charge is 2.18. The summed E-state index contributed by atoms with van der Waals surface area (Å²) in [7, 11) is 1.31. The number of nitrogens with two attached hydrogens (primary N) is 1. The molecule has 1 amide bonds. The minimum absolute atomic E-state index is 0.219. The Labute approximate surface area is 97.8 Å². The Hall–Kier alpha value is -1.08. The fourth-order valence-electron chi connectivity index (χ4n) is 1.17. The van der Waals surface area contributed by atoms with Gasteiger partial charge in [-0.1, -0.05) is 6.92 Å². The van der Waals surface area contributed by atoms with Gasteiger partial charge in [0.05, 0.1) is 5.92 Å². The van der Waals surface area contributed by atoms with Crippen LogP contribution in [0, 0.1) is 12.8 Å². The highest BCUT2D eigenvalue weighted by molar-refractivity contribution is 8.13. The van der Waals surface area contributed by atoms with Crippen LogP contribution in [0.15, 0.2) is 11.2 Å². The number of amides is 1. The zero-order chi connectivity index (χ0) is 12.5. The van der Waals surface area contributed by atoms with Gasteiger partial charge in [0.15, 0.2) is 5.03 Å². The number of carbonyl (C=O) groups excluding carboxylic acids is 1. The minimum Gasteiger partial charge on any atom is -0.369 e. The molecule has 0 aromatic carbocycles. The van der Waals surface area contributed by atoms with Crippen molar-refractivity contribution in [2.75, 3.05) is 0 Å². The molecular formula is C8H12ClN3O3S. The van der Waals surface area contributed by atoms with Crippen LogP contribution in [0.3, 0.4) is 0 Å². The van der Waals surface area contributed by atoms with Gasteiger partial charge >= 0.3 is 0 Å². The second-order valence-electron chi connectivity index (χ2n) is 3.52. The molecule has 0 radical (unpaired) electrons. The first-order chi connectivity index (χ1) is 7.21. The van der Waals surface area contributed by atoms with E-state index in [1.807, 2.05) is 0 Å². The highest BCUT2D eigenvalue weighted by Crippen LogP contribution is 2.15. The number of primary amides is 1. The topological polar surface area (TPSA) is 95.1 Å². The number of nitrogens with zero attached hydrogens (tertiary/aromatic N) is 2. The standard InChI is InChI=1S/C8H12ClN3O3S/c1-5(8(10)13)3-12-4-7(11-6(12)2)16(9,14)15/h4-5H,3H2,1-2H3,(H2,10,13). The van der Waals surface area contributed by atoms with Crippen molar-refractivity contribution in [2.24, 2.45) is 11.7 Å². The zero-order valence-electron chi connectivity index (χ0n) is 8.84. The van der Waals surface area contributed by atoms with Gasteiger partial charge in [0.2, 0.25) is 5.91 Å². The van der Waals surface area contributed by atoms with Crippen LogP contribution in [0.1, 0.15) is 12.7 Å². The Morgan fingerprint density at radius 3 is 2.62 bits per heavy atom. The quantitative estimate of drug-likeness (QED) is 0.789. The summed E-state index contributed by atoms with van der Waals surface area (Å²) in [5, 5.41) is -0.219. The second kappa shape index (κ2) is 4.42. The Morgan fingerprint density at radius 2 is 2.25 bits per heavy atom. The molecule has 1 unspecified atom stereocenters. The van der Waals surface area contributed by atoms with E-state index in [0.29, 0.717) is 5.82 Å². The third-order valence-corrected chi connectivity index (χ3v) is 3.33. The lowest BCUT2D eigenvalue weighted by atomic mass is 10.2. The molecule has 8 heteroatoms. The largest absolute Gasteiger partial charge is 0.369 e. The summed E-state index contributed by atoms with van der Waals surface area (Å²) in [5.74, 6) is -0.394. The van der Waals surface area contributed by atoms with Crippen LogP contribution >= 0.6 is 10.7 Å². The summed E-state index contributed by atoms with van der Waals surface area (Å²) in [6.45, 7) is 3.55. The average Bonchev–Trinajstić information content (AvgIpc) is 2.47. The van der Waals surface area contributed by atoms with E-state index < -0.39 is 20.9 Å². The maximum atomic E-state index is 11.0. The number of imidazole rings is 1. The lowest BCUT2D eigenvalue weighted by Crippen LogP contribution is -2.24. The SMILES string of the molecule is Cc1nc(S(=O)(=O)Cl)cn1CC(C)C(N)=O. The Bertz CT molecular complexity index is 509. The third-order valence-electron chi connectivity index (χ3n) is 2.16. The maximum Gasteiger partial charge on any atom is 0.280 e. The molecule has 1 aromatic heterocycles. The van der Waals surface area contributed by atoms with Crippen molar-refractivity contribution >= 4 is 25.6 Å². The molecule has 6 nitrogen and oxygen atoms in total. The normalized spacial score (nSPS) is 13.7. The van der Waals surface area contributed by atoms with Crippen molar-refractivity contribution in [2.45, 2.75) is 25.4 Å². The van der Waals surface area contributed by atoms with Gasteiger partial charge in [-0.3, -0.25) is 4.79 Å². The molecule has 0 fully saturated rings. The maximum absolute atomic E-state index is 11.0. The predicted octanol–water partition coefficient (Wildman–Crippen LogP) is 0.240. The number of hydrogen-bond acceptors (Lipinski definition) is 4. The van der Waals surface area contributed by atoms with Crippen LogP contribution < -0.4 is 5.73 Å². The van der Waals surface area contributed by atoms with Crippen molar-refractivity contribution in [1.82, 2.24) is 9.55 Å². The zero-order valence-corrected chi connectivity index (χ0v) is 10.4. The van der Waals surface area contributed by atoms with Crippen molar-refractivity contribution in [3.05, 3.63) is 12.0 Å². The van der Waals surface area contributed by atoms with E-state index in [9.17, 15) is 13.2 Å². The molecule has 1 aromatic rings. The van der Waals surface area contributed by atoms with Crippen molar-refractivity contribution in [3.63, 3.8) is 0 Å². The van der Waals surface area contributed by atoms with Crippen LogP contribution in [0.2, 0.25) is 0 Å². The predicted molar refractivity (Wildman–Crippen MR) is 58.4 cm³/mol. The molecule has 0 spiro atoms. The summed E-state index contributed by atoms with van der Waals surface area (Å²) in [6.07, 6.45) is 1.29. The fraction of sp³-hybridized carbons (Fsp3) is 0.500. The first-order valence-corrected chi connectivity index (χ1v) is 6.80. The van der Waals surface area contributed by atoms with E-state index in [0.717, 1.165) is 0 Å². The summed E-state index contributed by atoms with van der Waals surface area (Å²) in [6, 6.07) is 0. The number of rotatable bonds is 4. The van der Waals surface area contributed by atoms with E-state index in [1.54, 1.807) is 13.8 Å². The number of carbonyl (C=O) groups is 1. The number of aryl methyl sites for hydroxylation is 1. The average molecular weight is 266 g/mol. The summed E-state index contributed by atoms with van der Waals surface area (Å²) < 4.78 is 23.6. The number of halogens is 1. The molecule has 1 rings (SSSR count). The van der Waals surface area contributed by atoms with Gasteiger partial charge < -0.3 is 10.3 Å². The highest BCUT2D eigenvalue weighted by atomic mass is 35.7. The molecule has 0 aliphatic heterocycles. The van der Waals surface area contributed by atoms with Gasteiger partial charge in [0, 0.05) is 23.4 Å². The molecule has 0 aliphatic carbocycles. The van der Waals surface area contributed by atoms with Gasteiger partial charge in [-0.2, -0.15) is 0 Å². The summed E-state index contributed by atoms with van der Waals surface area (Å²) in [5.41, 5.74) is 5.11. The van der Waals surface area contributed by atoms with Gasteiger partial charge in [-0.05, 0) is 6.92 Å². The summed E-state index contributed by atoms with van der Waals surface area (Å²) in [4.78, 5) is 14.6. The third kappa shape index (κ3) is 2.96. The molecule has 0 saturated carbocycles. The van der Waals surface area contributed by atoms with Crippen molar-refractivity contribution in [1.29, 1.82) is 0 Å². The van der Waals surface area contributed by atoms with Gasteiger partial charge in [-0.25, -0.2) is 13.4 Å². The van der Waals surface area contributed by atoms with Crippen LogP contribution in [-0.2, 0) is 20.4 Å². The minimum atomic E-state index is -3.84. The molecule has 1 heterocycles. The van der Waals surface area contributed by atoms with E-state index in [2.05, 4.69) is 4.98 Å². The van der Waals surface area contributed by atoms with E-state index in [4.69, 9.17) is 16.4 Å². The lowest BCUT2D eigenvalue weighted by Gasteiger charge is -2.08. The molecule has 90 valence electrons. The first-order valence-electron chi connectivity index (χ1n) is 4.49. The molecule has 0 aliphatic rings. The number of hydrogen-bond donors (Lipinski definition) is 1. The molecule has 2 N–H and O–H groups in total. The van der Waals surface area contributed by atoms with Crippen molar-refractivity contribution in [3.8, 4) is 0 Å². The smallest absolute Gasteiger partial charge is 0.280 e. The van der Waals surface area contributed by atoms with Gasteiger partial charge in [-0.15, -0.1) is 0 Å². The molecule has 16 heavy (non-hydrogen) atoms. The van der Waals surface area contributed by atoms with E-state index >= 15 is 0 Å². The van der Waals surface area contributed by atoms with Crippen LogP contribution in [0.25, 0.3) is 0 Å². The Morgan fingerprint density at radius 1 is 1.69 bits per heavy atom. The molecule has 0 bridgehead atoms. The Balaban J connectivity index is 3.00. The van der Waals surface area contributed by atoms with Gasteiger partial charge in [0.25, 0.3) is 9.05 Å². The molecule has 0 saturated heterocycles. The van der Waals surface area contributed by atoms with E-state index in [-0.39, 0.29) is 11.6 Å². The van der Waals surface area contributed by atoms with Gasteiger partial charge in [0.1, 0.15) is 5.82 Å². The van der Waals surface area contributed by atoms with E-state index in [1.165, 1.54) is 10.8 Å². The van der Waals surface area contributed by atoms with Crippen LogP contribution in [0.5, 0.6) is 0 Å².